The molecule has 142 valence electrons. The second-order valence-corrected chi connectivity index (χ2v) is 8.55. The van der Waals surface area contributed by atoms with Gasteiger partial charge < -0.3 is 14.8 Å². The number of nitrogens with one attached hydrogen (secondary N) is 1. The van der Waals surface area contributed by atoms with Crippen molar-refractivity contribution in [3.8, 4) is 0 Å². The Hall–Kier alpha value is -2.30. The molecule has 6 rings (SSSR count). The molecule has 1 aliphatic carbocycles. The van der Waals surface area contributed by atoms with Crippen LogP contribution >= 0.6 is 0 Å². The van der Waals surface area contributed by atoms with Crippen molar-refractivity contribution in [2.75, 3.05) is 19.6 Å². The number of aromatic nitrogens is 1. The zero-order valence-corrected chi connectivity index (χ0v) is 15.7. The van der Waals surface area contributed by atoms with E-state index >= 15 is 0 Å². The summed E-state index contributed by atoms with van der Waals surface area (Å²) in [5.74, 6) is 1.12. The Bertz CT molecular complexity index is 869. The summed E-state index contributed by atoms with van der Waals surface area (Å²) in [5, 5.41) is 1.12. The van der Waals surface area contributed by atoms with Crippen LogP contribution in [0.15, 0.2) is 30.5 Å². The molecule has 2 bridgehead atoms. The number of amides is 2. The minimum Gasteiger partial charge on any atom is -0.361 e. The van der Waals surface area contributed by atoms with Crippen molar-refractivity contribution < 1.29 is 9.59 Å². The average Bonchev–Trinajstić information content (AvgIpc) is 2.84. The van der Waals surface area contributed by atoms with Crippen LogP contribution in [0.3, 0.4) is 0 Å². The van der Waals surface area contributed by atoms with Crippen LogP contribution in [0.1, 0.15) is 37.7 Å². The number of nitrogens with zero attached hydrogens (tertiary/aromatic N) is 2. The molecule has 1 N–H and O–H groups in total. The lowest BCUT2D eigenvalue weighted by atomic mass is 9.83. The maximum Gasteiger partial charge on any atom is 0.227 e. The Labute approximate surface area is 159 Å². The van der Waals surface area contributed by atoms with E-state index in [2.05, 4.69) is 16.0 Å². The summed E-state index contributed by atoms with van der Waals surface area (Å²) in [6, 6.07) is 8.31. The molecular weight excluding hydrogens is 338 g/mol. The summed E-state index contributed by atoms with van der Waals surface area (Å²) in [6.07, 6.45) is 8.13. The molecule has 3 saturated heterocycles. The summed E-state index contributed by atoms with van der Waals surface area (Å²) in [4.78, 5) is 33.3. The predicted octanol–water partition coefficient (Wildman–Crippen LogP) is 2.96. The summed E-state index contributed by atoms with van der Waals surface area (Å²) < 4.78 is 0. The lowest BCUT2D eigenvalue weighted by Crippen LogP contribution is -2.50. The van der Waals surface area contributed by atoms with Crippen molar-refractivity contribution in [3.63, 3.8) is 0 Å². The molecule has 27 heavy (non-hydrogen) atoms. The number of benzene rings is 1. The van der Waals surface area contributed by atoms with E-state index in [1.807, 2.05) is 29.3 Å². The second kappa shape index (κ2) is 6.70. The quantitative estimate of drug-likeness (QED) is 0.906. The van der Waals surface area contributed by atoms with Gasteiger partial charge in [0.05, 0.1) is 12.3 Å². The van der Waals surface area contributed by atoms with Crippen LogP contribution in [-0.2, 0) is 16.0 Å². The minimum atomic E-state index is -0.00394. The second-order valence-electron chi connectivity index (χ2n) is 8.55. The van der Waals surface area contributed by atoms with E-state index in [4.69, 9.17) is 0 Å². The van der Waals surface area contributed by atoms with Gasteiger partial charge in [0.1, 0.15) is 0 Å². The number of hydrogen-bond acceptors (Lipinski definition) is 2. The van der Waals surface area contributed by atoms with E-state index in [-0.39, 0.29) is 17.9 Å². The molecule has 2 atom stereocenters. The minimum absolute atomic E-state index is 0.00394. The number of carbonyl (C=O) groups is 2. The van der Waals surface area contributed by atoms with E-state index < -0.39 is 0 Å². The number of hydrogen-bond donors (Lipinski definition) is 1. The van der Waals surface area contributed by atoms with Crippen molar-refractivity contribution in [3.05, 3.63) is 36.0 Å². The van der Waals surface area contributed by atoms with Crippen LogP contribution in [0.25, 0.3) is 10.9 Å². The SMILES string of the molecule is O=C(Cc1c[nH]c2ccccc12)N1C[C@@H]2CC[C@H](C1)N(CC1CCC1)C2=O. The third-order valence-corrected chi connectivity index (χ3v) is 6.84. The average molecular weight is 365 g/mol. The van der Waals surface area contributed by atoms with Crippen LogP contribution in [-0.4, -0.2) is 52.3 Å². The van der Waals surface area contributed by atoms with Crippen molar-refractivity contribution in [2.45, 2.75) is 44.6 Å². The zero-order valence-electron chi connectivity index (χ0n) is 15.7. The molecule has 0 spiro atoms. The lowest BCUT2D eigenvalue weighted by molar-refractivity contribution is -0.141. The lowest BCUT2D eigenvalue weighted by Gasteiger charge is -2.40. The first-order valence-electron chi connectivity index (χ1n) is 10.3. The fraction of sp³-hybridized carbons (Fsp3) is 0.545. The van der Waals surface area contributed by atoms with Gasteiger partial charge in [0, 0.05) is 42.8 Å². The van der Waals surface area contributed by atoms with Crippen LogP contribution < -0.4 is 0 Å². The monoisotopic (exact) mass is 365 g/mol. The Kier molecular flexibility index (Phi) is 4.18. The van der Waals surface area contributed by atoms with Crippen LogP contribution in [0.4, 0.5) is 0 Å². The van der Waals surface area contributed by atoms with Gasteiger partial charge in [-0.3, -0.25) is 9.59 Å². The van der Waals surface area contributed by atoms with Gasteiger partial charge in [-0.25, -0.2) is 0 Å². The Morgan fingerprint density at radius 3 is 2.78 bits per heavy atom. The van der Waals surface area contributed by atoms with Gasteiger partial charge in [0.2, 0.25) is 11.8 Å². The molecule has 4 heterocycles. The van der Waals surface area contributed by atoms with E-state index in [9.17, 15) is 9.59 Å². The van der Waals surface area contributed by atoms with Gasteiger partial charge in [-0.15, -0.1) is 0 Å². The molecule has 2 aromatic rings. The summed E-state index contributed by atoms with van der Waals surface area (Å²) in [7, 11) is 0. The largest absolute Gasteiger partial charge is 0.361 e. The van der Waals surface area contributed by atoms with Gasteiger partial charge >= 0.3 is 0 Å². The van der Waals surface area contributed by atoms with E-state index in [0.29, 0.717) is 31.3 Å². The normalized spacial score (nSPS) is 25.7. The highest BCUT2D eigenvalue weighted by atomic mass is 16.2. The molecule has 1 aromatic heterocycles. The Balaban J connectivity index is 1.32. The first-order valence-corrected chi connectivity index (χ1v) is 10.3. The third kappa shape index (κ3) is 3.03. The molecule has 3 aliphatic heterocycles. The molecule has 0 unspecified atom stereocenters. The van der Waals surface area contributed by atoms with Crippen molar-refractivity contribution >= 4 is 22.7 Å². The topological polar surface area (TPSA) is 56.4 Å². The Morgan fingerprint density at radius 1 is 1.11 bits per heavy atom. The van der Waals surface area contributed by atoms with Gasteiger partial charge in [-0.1, -0.05) is 24.6 Å². The molecule has 5 nitrogen and oxygen atoms in total. The highest BCUT2D eigenvalue weighted by Gasteiger charge is 2.42. The number of fused-ring (bicyclic) bond motifs is 5. The number of aromatic amines is 1. The van der Waals surface area contributed by atoms with Crippen LogP contribution in [0.2, 0.25) is 0 Å². The van der Waals surface area contributed by atoms with Gasteiger partial charge in [-0.2, -0.15) is 0 Å². The van der Waals surface area contributed by atoms with Crippen LogP contribution in [0, 0.1) is 11.8 Å². The molecule has 4 aliphatic rings. The van der Waals surface area contributed by atoms with Gasteiger partial charge in [0.25, 0.3) is 0 Å². The highest BCUT2D eigenvalue weighted by Crippen LogP contribution is 2.34. The van der Waals surface area contributed by atoms with Crippen LogP contribution in [0.5, 0.6) is 0 Å². The first kappa shape index (κ1) is 16.8. The first-order chi connectivity index (χ1) is 13.2. The van der Waals surface area contributed by atoms with E-state index in [1.54, 1.807) is 0 Å². The number of piperidine rings is 1. The zero-order chi connectivity index (χ0) is 18.4. The maximum atomic E-state index is 13.1. The molecule has 0 radical (unpaired) electrons. The standard InChI is InChI=1S/C22H27N3O2/c26-21(10-17-11-23-20-7-2-1-6-19(17)20)24-13-16-8-9-18(14-24)25(22(16)27)12-15-4-3-5-15/h1-2,6-7,11,15-16,18,23H,3-5,8-10,12-14H2/t16-,18+/m0/s1. The molecular formula is C22H27N3O2. The predicted molar refractivity (Wildman–Crippen MR) is 104 cm³/mol. The summed E-state index contributed by atoms with van der Waals surface area (Å²) in [6.45, 7) is 2.21. The molecule has 1 aromatic carbocycles. The number of carbonyl (C=O) groups excluding carboxylic acids is 2. The van der Waals surface area contributed by atoms with Gasteiger partial charge in [-0.05, 0) is 43.2 Å². The fourth-order valence-corrected chi connectivity index (χ4v) is 4.99. The van der Waals surface area contributed by atoms with Crippen molar-refractivity contribution in [1.82, 2.24) is 14.8 Å². The smallest absolute Gasteiger partial charge is 0.227 e. The number of rotatable bonds is 4. The van der Waals surface area contributed by atoms with E-state index in [1.165, 1.54) is 19.3 Å². The molecule has 5 heteroatoms. The highest BCUT2D eigenvalue weighted by molar-refractivity contribution is 5.89. The molecule has 2 amide bonds. The fourth-order valence-electron chi connectivity index (χ4n) is 4.99. The van der Waals surface area contributed by atoms with Gasteiger partial charge in [0.15, 0.2) is 0 Å². The van der Waals surface area contributed by atoms with Crippen molar-refractivity contribution in [1.29, 1.82) is 0 Å². The maximum absolute atomic E-state index is 13.1. The molecule has 4 fully saturated rings. The van der Waals surface area contributed by atoms with Crippen molar-refractivity contribution in [2.24, 2.45) is 11.8 Å². The third-order valence-electron chi connectivity index (χ3n) is 6.84. The Morgan fingerprint density at radius 2 is 1.96 bits per heavy atom. The number of para-hydroxylation sites is 1. The number of H-pyrrole nitrogens is 1. The molecule has 1 saturated carbocycles. The summed E-state index contributed by atoms with van der Waals surface area (Å²) in [5.41, 5.74) is 2.11. The summed E-state index contributed by atoms with van der Waals surface area (Å²) >= 11 is 0. The van der Waals surface area contributed by atoms with E-state index in [0.717, 1.165) is 35.9 Å².